The summed E-state index contributed by atoms with van der Waals surface area (Å²) in [4.78, 5) is 14.5. The van der Waals surface area contributed by atoms with E-state index in [0.29, 0.717) is 19.1 Å². The molecule has 3 rings (SSSR count). The van der Waals surface area contributed by atoms with Crippen LogP contribution in [0.3, 0.4) is 0 Å². The highest BCUT2D eigenvalue weighted by molar-refractivity contribution is 5.78. The van der Waals surface area contributed by atoms with Crippen molar-refractivity contribution < 1.29 is 4.79 Å². The third-order valence-electron chi connectivity index (χ3n) is 5.01. The molecule has 114 valence electrons. The molecule has 4 heteroatoms. The van der Waals surface area contributed by atoms with Crippen molar-refractivity contribution in [3.8, 4) is 0 Å². The SMILES string of the molecule is Cc1ccc(CNC(=O)CN2CC3CNCC3C2C)cc1. The van der Waals surface area contributed by atoms with Crippen LogP contribution < -0.4 is 10.6 Å². The fourth-order valence-corrected chi connectivity index (χ4v) is 3.61. The standard InChI is InChI=1S/C17H25N3O/c1-12-3-5-14(6-4-12)7-19-17(21)11-20-10-15-8-18-9-16(15)13(20)2/h3-6,13,15-16,18H,7-11H2,1-2H3,(H,19,21). The van der Waals surface area contributed by atoms with E-state index in [-0.39, 0.29) is 5.91 Å². The van der Waals surface area contributed by atoms with Crippen molar-refractivity contribution in [1.82, 2.24) is 15.5 Å². The second kappa shape index (κ2) is 6.16. The number of carbonyl (C=O) groups excluding carboxylic acids is 1. The molecule has 2 saturated heterocycles. The van der Waals surface area contributed by atoms with Gasteiger partial charge in [0.25, 0.3) is 0 Å². The van der Waals surface area contributed by atoms with Crippen LogP contribution in [-0.2, 0) is 11.3 Å². The summed E-state index contributed by atoms with van der Waals surface area (Å²) in [5.74, 6) is 1.58. The lowest BCUT2D eigenvalue weighted by molar-refractivity contribution is -0.122. The molecule has 1 amide bonds. The van der Waals surface area contributed by atoms with Crippen LogP contribution in [0.4, 0.5) is 0 Å². The highest BCUT2D eigenvalue weighted by Gasteiger charge is 2.41. The summed E-state index contributed by atoms with van der Waals surface area (Å²) in [6.07, 6.45) is 0. The number of hydrogen-bond acceptors (Lipinski definition) is 3. The van der Waals surface area contributed by atoms with Gasteiger partial charge in [0.2, 0.25) is 5.91 Å². The topological polar surface area (TPSA) is 44.4 Å². The van der Waals surface area contributed by atoms with Crippen LogP contribution in [0.2, 0.25) is 0 Å². The quantitative estimate of drug-likeness (QED) is 0.873. The zero-order valence-electron chi connectivity index (χ0n) is 12.9. The highest BCUT2D eigenvalue weighted by atomic mass is 16.2. The number of likely N-dealkylation sites (tertiary alicyclic amines) is 1. The van der Waals surface area contributed by atoms with E-state index in [4.69, 9.17) is 0 Å². The van der Waals surface area contributed by atoms with Crippen LogP contribution >= 0.6 is 0 Å². The lowest BCUT2D eigenvalue weighted by Gasteiger charge is -2.23. The van der Waals surface area contributed by atoms with Gasteiger partial charge in [0, 0.05) is 19.1 Å². The monoisotopic (exact) mass is 287 g/mol. The minimum Gasteiger partial charge on any atom is -0.351 e. The lowest BCUT2D eigenvalue weighted by Crippen LogP contribution is -2.41. The number of hydrogen-bond donors (Lipinski definition) is 2. The molecule has 2 heterocycles. The molecule has 2 aliphatic rings. The number of nitrogens with one attached hydrogen (secondary N) is 2. The van der Waals surface area contributed by atoms with Gasteiger partial charge in [-0.25, -0.2) is 0 Å². The molecule has 2 aliphatic heterocycles. The lowest BCUT2D eigenvalue weighted by atomic mass is 9.95. The van der Waals surface area contributed by atoms with Gasteiger partial charge in [0.15, 0.2) is 0 Å². The van der Waals surface area contributed by atoms with Gasteiger partial charge >= 0.3 is 0 Å². The van der Waals surface area contributed by atoms with Crippen molar-refractivity contribution >= 4 is 5.91 Å². The van der Waals surface area contributed by atoms with E-state index < -0.39 is 0 Å². The molecule has 1 aromatic carbocycles. The molecule has 0 spiro atoms. The molecule has 0 saturated carbocycles. The Morgan fingerprint density at radius 2 is 2.10 bits per heavy atom. The Labute approximate surface area is 126 Å². The highest BCUT2D eigenvalue weighted by Crippen LogP contribution is 2.31. The Hall–Kier alpha value is -1.39. The molecule has 4 nitrogen and oxygen atoms in total. The van der Waals surface area contributed by atoms with E-state index in [2.05, 4.69) is 53.6 Å². The Bertz CT molecular complexity index is 499. The van der Waals surface area contributed by atoms with Crippen molar-refractivity contribution in [3.63, 3.8) is 0 Å². The Morgan fingerprint density at radius 3 is 2.81 bits per heavy atom. The van der Waals surface area contributed by atoms with Crippen molar-refractivity contribution in [1.29, 1.82) is 0 Å². The summed E-state index contributed by atoms with van der Waals surface area (Å²) >= 11 is 0. The minimum absolute atomic E-state index is 0.135. The molecule has 0 aromatic heterocycles. The average Bonchev–Trinajstić information content (AvgIpc) is 3.03. The smallest absolute Gasteiger partial charge is 0.234 e. The second-order valence-corrected chi connectivity index (χ2v) is 6.51. The Balaban J connectivity index is 1.47. The molecular formula is C17H25N3O. The van der Waals surface area contributed by atoms with Gasteiger partial charge in [-0.3, -0.25) is 9.69 Å². The number of nitrogens with zero attached hydrogens (tertiary/aromatic N) is 1. The summed E-state index contributed by atoms with van der Waals surface area (Å²) in [6.45, 7) is 8.74. The molecule has 0 aliphatic carbocycles. The average molecular weight is 287 g/mol. The van der Waals surface area contributed by atoms with E-state index in [0.717, 1.165) is 37.0 Å². The molecule has 0 bridgehead atoms. The van der Waals surface area contributed by atoms with Crippen molar-refractivity contribution in [3.05, 3.63) is 35.4 Å². The summed E-state index contributed by atoms with van der Waals surface area (Å²) in [7, 11) is 0. The van der Waals surface area contributed by atoms with Crippen LogP contribution in [0.1, 0.15) is 18.1 Å². The fourth-order valence-electron chi connectivity index (χ4n) is 3.61. The number of rotatable bonds is 4. The maximum absolute atomic E-state index is 12.1. The first kappa shape index (κ1) is 14.5. The van der Waals surface area contributed by atoms with Crippen LogP contribution in [0.25, 0.3) is 0 Å². The molecule has 0 radical (unpaired) electrons. The first-order valence-corrected chi connectivity index (χ1v) is 7.90. The maximum Gasteiger partial charge on any atom is 0.234 e. The Morgan fingerprint density at radius 1 is 1.33 bits per heavy atom. The number of benzene rings is 1. The summed E-state index contributed by atoms with van der Waals surface area (Å²) in [6, 6.07) is 8.82. The largest absolute Gasteiger partial charge is 0.351 e. The molecule has 3 unspecified atom stereocenters. The zero-order chi connectivity index (χ0) is 14.8. The predicted octanol–water partition coefficient (Wildman–Crippen LogP) is 1.15. The van der Waals surface area contributed by atoms with Gasteiger partial charge in [-0.2, -0.15) is 0 Å². The van der Waals surface area contributed by atoms with Crippen LogP contribution in [0.15, 0.2) is 24.3 Å². The van der Waals surface area contributed by atoms with Gasteiger partial charge in [-0.1, -0.05) is 29.8 Å². The molecule has 3 atom stereocenters. The summed E-state index contributed by atoms with van der Waals surface area (Å²) in [5.41, 5.74) is 2.40. The molecular weight excluding hydrogens is 262 g/mol. The normalized spacial score (nSPS) is 28.6. The van der Waals surface area contributed by atoms with Crippen molar-refractivity contribution in [2.75, 3.05) is 26.2 Å². The molecule has 2 fully saturated rings. The third-order valence-corrected chi connectivity index (χ3v) is 5.01. The zero-order valence-corrected chi connectivity index (χ0v) is 12.9. The van der Waals surface area contributed by atoms with E-state index in [9.17, 15) is 4.79 Å². The third kappa shape index (κ3) is 3.27. The summed E-state index contributed by atoms with van der Waals surface area (Å²) in [5, 5.41) is 6.49. The van der Waals surface area contributed by atoms with Gasteiger partial charge in [0.05, 0.1) is 6.54 Å². The second-order valence-electron chi connectivity index (χ2n) is 6.51. The van der Waals surface area contributed by atoms with E-state index in [1.165, 1.54) is 5.56 Å². The van der Waals surface area contributed by atoms with Crippen molar-refractivity contribution in [2.24, 2.45) is 11.8 Å². The molecule has 21 heavy (non-hydrogen) atoms. The molecule has 2 N–H and O–H groups in total. The number of aryl methyl sites for hydroxylation is 1. The van der Waals surface area contributed by atoms with Crippen molar-refractivity contribution in [2.45, 2.75) is 26.4 Å². The number of fused-ring (bicyclic) bond motifs is 1. The van der Waals surface area contributed by atoms with E-state index in [1.807, 2.05) is 0 Å². The van der Waals surface area contributed by atoms with Gasteiger partial charge in [-0.15, -0.1) is 0 Å². The maximum atomic E-state index is 12.1. The van der Waals surface area contributed by atoms with Gasteiger partial charge < -0.3 is 10.6 Å². The number of amides is 1. The minimum atomic E-state index is 0.135. The predicted molar refractivity (Wildman–Crippen MR) is 83.9 cm³/mol. The molecule has 1 aromatic rings. The van der Waals surface area contributed by atoms with Crippen LogP contribution in [-0.4, -0.2) is 43.0 Å². The van der Waals surface area contributed by atoms with E-state index >= 15 is 0 Å². The van der Waals surface area contributed by atoms with Gasteiger partial charge in [-0.05, 0) is 44.3 Å². The van der Waals surface area contributed by atoms with Crippen LogP contribution in [0, 0.1) is 18.8 Å². The number of carbonyl (C=O) groups is 1. The first-order chi connectivity index (χ1) is 10.1. The first-order valence-electron chi connectivity index (χ1n) is 7.90. The van der Waals surface area contributed by atoms with Gasteiger partial charge in [0.1, 0.15) is 0 Å². The summed E-state index contributed by atoms with van der Waals surface area (Å²) < 4.78 is 0. The van der Waals surface area contributed by atoms with E-state index in [1.54, 1.807) is 0 Å². The Kier molecular flexibility index (Phi) is 4.27. The van der Waals surface area contributed by atoms with Crippen LogP contribution in [0.5, 0.6) is 0 Å². The fraction of sp³-hybridized carbons (Fsp3) is 0.588.